The molecular formula is C13H8Cl2N2O2S. The zero-order chi connectivity index (χ0) is 14.9. The highest BCUT2D eigenvalue weighted by atomic mass is 35.5. The van der Waals surface area contributed by atoms with Gasteiger partial charge in [-0.15, -0.1) is 0 Å². The Hall–Kier alpha value is -1.74. The van der Waals surface area contributed by atoms with Gasteiger partial charge in [-0.05, 0) is 30.3 Å². The molecule has 2 rings (SSSR count). The van der Waals surface area contributed by atoms with Gasteiger partial charge in [-0.2, -0.15) is 5.26 Å². The molecule has 0 spiro atoms. The number of nitrogens with zero attached hydrogens (tertiary/aromatic N) is 1. The SMILES string of the molecule is N#Cc1c(N)cccc1S(=O)(=O)c1cc(Cl)cc(Cl)c1. The minimum atomic E-state index is -3.92. The Morgan fingerprint density at radius 1 is 1.10 bits per heavy atom. The molecule has 20 heavy (non-hydrogen) atoms. The number of benzene rings is 2. The van der Waals surface area contributed by atoms with Crippen molar-refractivity contribution in [1.82, 2.24) is 0 Å². The van der Waals surface area contributed by atoms with Gasteiger partial charge in [-0.1, -0.05) is 29.3 Å². The quantitative estimate of drug-likeness (QED) is 0.858. The van der Waals surface area contributed by atoms with Crippen molar-refractivity contribution in [2.45, 2.75) is 9.79 Å². The molecule has 0 aromatic heterocycles. The predicted molar refractivity (Wildman–Crippen MR) is 77.5 cm³/mol. The van der Waals surface area contributed by atoms with Crippen LogP contribution in [0.15, 0.2) is 46.2 Å². The molecule has 0 fully saturated rings. The second kappa shape index (κ2) is 5.33. The second-order valence-corrected chi connectivity index (χ2v) is 6.73. The van der Waals surface area contributed by atoms with Crippen LogP contribution in [0.5, 0.6) is 0 Å². The summed E-state index contributed by atoms with van der Waals surface area (Å²) in [6.45, 7) is 0. The van der Waals surface area contributed by atoms with Crippen molar-refractivity contribution in [3.05, 3.63) is 52.0 Å². The lowest BCUT2D eigenvalue weighted by molar-refractivity contribution is 0.596. The van der Waals surface area contributed by atoms with Gasteiger partial charge in [-0.25, -0.2) is 8.42 Å². The van der Waals surface area contributed by atoms with Crippen LogP contribution in [0.4, 0.5) is 5.69 Å². The number of nitriles is 1. The average molecular weight is 327 g/mol. The summed E-state index contributed by atoms with van der Waals surface area (Å²) in [5, 5.41) is 9.46. The molecule has 0 saturated carbocycles. The third kappa shape index (κ3) is 2.59. The first kappa shape index (κ1) is 14.7. The standard InChI is InChI=1S/C13H8Cl2N2O2S/c14-8-4-9(15)6-10(5-8)20(18,19)13-3-1-2-12(17)11(13)7-16/h1-6H,17H2. The molecule has 0 saturated heterocycles. The van der Waals surface area contributed by atoms with Crippen LogP contribution in [0, 0.1) is 11.3 Å². The van der Waals surface area contributed by atoms with Gasteiger partial charge in [0, 0.05) is 10.0 Å². The van der Waals surface area contributed by atoms with Crippen molar-refractivity contribution >= 4 is 38.7 Å². The van der Waals surface area contributed by atoms with Gasteiger partial charge in [0.1, 0.15) is 6.07 Å². The van der Waals surface area contributed by atoms with Crippen molar-refractivity contribution in [1.29, 1.82) is 5.26 Å². The average Bonchev–Trinajstić information content (AvgIpc) is 2.37. The fourth-order valence-electron chi connectivity index (χ4n) is 1.70. The van der Waals surface area contributed by atoms with E-state index >= 15 is 0 Å². The number of hydrogen-bond acceptors (Lipinski definition) is 4. The first-order valence-electron chi connectivity index (χ1n) is 5.36. The van der Waals surface area contributed by atoms with Gasteiger partial charge in [0.05, 0.1) is 21.0 Å². The Labute approximate surface area is 126 Å². The minimum absolute atomic E-state index is 0.0860. The maximum absolute atomic E-state index is 12.5. The maximum Gasteiger partial charge on any atom is 0.208 e. The number of nitrogens with two attached hydrogens (primary N) is 1. The minimum Gasteiger partial charge on any atom is -0.398 e. The number of halogens is 2. The highest BCUT2D eigenvalue weighted by Crippen LogP contribution is 2.30. The van der Waals surface area contributed by atoms with E-state index < -0.39 is 9.84 Å². The molecule has 2 N–H and O–H groups in total. The van der Waals surface area contributed by atoms with Gasteiger partial charge in [0.15, 0.2) is 0 Å². The van der Waals surface area contributed by atoms with Crippen molar-refractivity contribution in [3.8, 4) is 6.07 Å². The first-order chi connectivity index (χ1) is 9.36. The normalized spacial score (nSPS) is 11.1. The van der Waals surface area contributed by atoms with Crippen molar-refractivity contribution < 1.29 is 8.42 Å². The molecule has 0 atom stereocenters. The van der Waals surface area contributed by atoms with E-state index in [1.807, 2.05) is 0 Å². The summed E-state index contributed by atoms with van der Waals surface area (Å²) in [6, 6.07) is 10.0. The summed E-state index contributed by atoms with van der Waals surface area (Å²) < 4.78 is 25.1. The third-order valence-corrected chi connectivity index (χ3v) is 4.82. The number of rotatable bonds is 2. The third-order valence-electron chi connectivity index (χ3n) is 2.61. The largest absolute Gasteiger partial charge is 0.398 e. The number of anilines is 1. The summed E-state index contributed by atoms with van der Waals surface area (Å²) in [5.74, 6) is 0. The topological polar surface area (TPSA) is 83.9 Å². The molecule has 2 aromatic carbocycles. The van der Waals surface area contributed by atoms with Crippen LogP contribution in [0.25, 0.3) is 0 Å². The molecule has 102 valence electrons. The number of sulfone groups is 1. The molecular weight excluding hydrogens is 319 g/mol. The van der Waals surface area contributed by atoms with Crippen molar-refractivity contribution in [2.75, 3.05) is 5.73 Å². The Morgan fingerprint density at radius 2 is 1.70 bits per heavy atom. The van der Waals surface area contributed by atoms with Crippen LogP contribution in [0.1, 0.15) is 5.56 Å². The summed E-state index contributed by atoms with van der Waals surface area (Å²) in [5.41, 5.74) is 5.63. The van der Waals surface area contributed by atoms with Crippen LogP contribution in [0.2, 0.25) is 10.0 Å². The van der Waals surface area contributed by atoms with Crippen molar-refractivity contribution in [2.24, 2.45) is 0 Å². The zero-order valence-corrected chi connectivity index (χ0v) is 12.3. The molecule has 0 aliphatic heterocycles. The van der Waals surface area contributed by atoms with Crippen LogP contribution >= 0.6 is 23.2 Å². The van der Waals surface area contributed by atoms with E-state index in [-0.39, 0.29) is 31.1 Å². The molecule has 7 heteroatoms. The summed E-state index contributed by atoms with van der Waals surface area (Å²) in [4.78, 5) is -0.254. The molecule has 4 nitrogen and oxygen atoms in total. The van der Waals surface area contributed by atoms with Crippen LogP contribution in [0.3, 0.4) is 0 Å². The van der Waals surface area contributed by atoms with Crippen LogP contribution in [-0.2, 0) is 9.84 Å². The van der Waals surface area contributed by atoms with E-state index in [1.165, 1.54) is 36.4 Å². The number of hydrogen-bond donors (Lipinski definition) is 1. The summed E-state index contributed by atoms with van der Waals surface area (Å²) >= 11 is 11.6. The Bertz CT molecular complexity index is 807. The van der Waals surface area contributed by atoms with E-state index in [2.05, 4.69) is 0 Å². The lowest BCUT2D eigenvalue weighted by Crippen LogP contribution is -2.06. The Morgan fingerprint density at radius 3 is 2.25 bits per heavy atom. The van der Waals surface area contributed by atoms with Gasteiger partial charge in [-0.3, -0.25) is 0 Å². The van der Waals surface area contributed by atoms with Gasteiger partial charge < -0.3 is 5.73 Å². The van der Waals surface area contributed by atoms with E-state index in [4.69, 9.17) is 34.2 Å². The smallest absolute Gasteiger partial charge is 0.208 e. The van der Waals surface area contributed by atoms with Crippen LogP contribution < -0.4 is 5.73 Å². The van der Waals surface area contributed by atoms with Gasteiger partial charge in [0.2, 0.25) is 9.84 Å². The van der Waals surface area contributed by atoms with E-state index in [0.29, 0.717) is 0 Å². The lowest BCUT2D eigenvalue weighted by Gasteiger charge is -2.09. The lowest BCUT2D eigenvalue weighted by atomic mass is 10.2. The molecule has 0 aliphatic rings. The highest BCUT2D eigenvalue weighted by Gasteiger charge is 2.23. The van der Waals surface area contributed by atoms with E-state index in [9.17, 15) is 8.42 Å². The number of nitrogen functional groups attached to an aromatic ring is 1. The Kier molecular flexibility index (Phi) is 3.91. The van der Waals surface area contributed by atoms with Gasteiger partial charge >= 0.3 is 0 Å². The van der Waals surface area contributed by atoms with Gasteiger partial charge in [0.25, 0.3) is 0 Å². The Balaban J connectivity index is 2.74. The summed E-state index contributed by atoms with van der Waals surface area (Å²) in [7, 11) is -3.92. The monoisotopic (exact) mass is 326 g/mol. The van der Waals surface area contributed by atoms with Crippen molar-refractivity contribution in [3.63, 3.8) is 0 Å². The fourth-order valence-corrected chi connectivity index (χ4v) is 3.87. The second-order valence-electron chi connectivity index (χ2n) is 3.94. The van der Waals surface area contributed by atoms with E-state index in [0.717, 1.165) is 0 Å². The fraction of sp³-hybridized carbons (Fsp3) is 0. The van der Waals surface area contributed by atoms with Crippen LogP contribution in [-0.4, -0.2) is 8.42 Å². The maximum atomic E-state index is 12.5. The predicted octanol–water partition coefficient (Wildman–Crippen LogP) is 3.28. The molecule has 0 amide bonds. The summed E-state index contributed by atoms with van der Waals surface area (Å²) in [6.07, 6.45) is 0. The van der Waals surface area contributed by atoms with E-state index in [1.54, 1.807) is 6.07 Å². The first-order valence-corrected chi connectivity index (χ1v) is 7.60. The molecule has 2 aromatic rings. The molecule has 0 aliphatic carbocycles. The molecule has 0 bridgehead atoms. The highest BCUT2D eigenvalue weighted by molar-refractivity contribution is 7.91. The molecule has 0 heterocycles. The molecule has 0 unspecified atom stereocenters. The molecule has 0 radical (unpaired) electrons. The zero-order valence-electron chi connectivity index (χ0n) is 9.97.